The van der Waals surface area contributed by atoms with Crippen LogP contribution >= 0.6 is 23.2 Å². The van der Waals surface area contributed by atoms with Gasteiger partial charge in [0.25, 0.3) is 0 Å². The van der Waals surface area contributed by atoms with E-state index in [0.29, 0.717) is 23.6 Å². The van der Waals surface area contributed by atoms with Crippen molar-refractivity contribution in [2.45, 2.75) is 38.1 Å². The van der Waals surface area contributed by atoms with Crippen molar-refractivity contribution in [3.05, 3.63) is 0 Å². The van der Waals surface area contributed by atoms with Gasteiger partial charge in [0.1, 0.15) is 0 Å². The van der Waals surface area contributed by atoms with Crippen LogP contribution in [-0.4, -0.2) is 23.2 Å². The summed E-state index contributed by atoms with van der Waals surface area (Å²) in [6.07, 6.45) is 4.53. The zero-order valence-corrected chi connectivity index (χ0v) is 11.2. The summed E-state index contributed by atoms with van der Waals surface area (Å²) >= 11 is 11.8. The molecule has 0 saturated heterocycles. The van der Waals surface area contributed by atoms with E-state index < -0.39 is 5.54 Å². The number of carbonyl (C=O) groups is 1. The van der Waals surface area contributed by atoms with Gasteiger partial charge >= 0.3 is 0 Å². The lowest BCUT2D eigenvalue weighted by molar-refractivity contribution is -0.124. The Kier molecular flexibility index (Phi) is 3.70. The Hall–Kier alpha value is 0.0500. The molecule has 2 fully saturated rings. The Labute approximate surface area is 107 Å². The summed E-state index contributed by atoms with van der Waals surface area (Å²) in [6, 6.07) is 0. The van der Waals surface area contributed by atoms with E-state index in [0.717, 1.165) is 6.42 Å². The van der Waals surface area contributed by atoms with Crippen molar-refractivity contribution in [1.29, 1.82) is 0 Å². The summed E-state index contributed by atoms with van der Waals surface area (Å²) in [5.41, 5.74) is -0.406. The van der Waals surface area contributed by atoms with E-state index in [1.807, 2.05) is 6.92 Å². The minimum atomic E-state index is -0.406. The van der Waals surface area contributed by atoms with Crippen LogP contribution in [0.3, 0.4) is 0 Å². The van der Waals surface area contributed by atoms with Crippen molar-refractivity contribution in [2.24, 2.45) is 17.8 Å². The van der Waals surface area contributed by atoms with E-state index in [1.165, 1.54) is 19.3 Å². The second kappa shape index (κ2) is 4.73. The maximum Gasteiger partial charge on any atom is 0.224 e. The third-order valence-corrected chi connectivity index (χ3v) is 5.31. The average molecular weight is 264 g/mol. The molecule has 92 valence electrons. The van der Waals surface area contributed by atoms with Crippen molar-refractivity contribution in [1.82, 2.24) is 5.32 Å². The highest BCUT2D eigenvalue weighted by molar-refractivity contribution is 6.22. The topological polar surface area (TPSA) is 29.1 Å². The molecule has 2 nitrogen and oxygen atoms in total. The minimum absolute atomic E-state index is 0.179. The van der Waals surface area contributed by atoms with Gasteiger partial charge in [0, 0.05) is 17.7 Å². The number of fused-ring (bicyclic) bond motifs is 1. The molecule has 2 aliphatic carbocycles. The summed E-state index contributed by atoms with van der Waals surface area (Å²) in [5.74, 6) is 2.52. The molecule has 0 aromatic rings. The Morgan fingerprint density at radius 2 is 1.88 bits per heavy atom. The maximum atomic E-state index is 12.1. The molecule has 1 amide bonds. The summed E-state index contributed by atoms with van der Waals surface area (Å²) in [5, 5.41) is 3.07. The van der Waals surface area contributed by atoms with Crippen molar-refractivity contribution in [3.63, 3.8) is 0 Å². The molecule has 0 bridgehead atoms. The van der Waals surface area contributed by atoms with Crippen LogP contribution in [-0.2, 0) is 4.79 Å². The van der Waals surface area contributed by atoms with Gasteiger partial charge in [0.05, 0.1) is 5.54 Å². The van der Waals surface area contributed by atoms with E-state index in [-0.39, 0.29) is 11.8 Å². The minimum Gasteiger partial charge on any atom is -0.348 e. The summed E-state index contributed by atoms with van der Waals surface area (Å²) < 4.78 is 0. The third-order valence-electron chi connectivity index (χ3n) is 4.29. The molecule has 2 aliphatic rings. The average Bonchev–Trinajstić information content (AvgIpc) is 2.81. The van der Waals surface area contributed by atoms with Gasteiger partial charge < -0.3 is 5.32 Å². The van der Waals surface area contributed by atoms with Crippen LogP contribution in [0.4, 0.5) is 0 Å². The monoisotopic (exact) mass is 263 g/mol. The van der Waals surface area contributed by atoms with Gasteiger partial charge in [-0.25, -0.2) is 0 Å². The Morgan fingerprint density at radius 3 is 2.31 bits per heavy atom. The number of alkyl halides is 2. The number of nitrogens with one attached hydrogen (secondary N) is 1. The fourth-order valence-corrected chi connectivity index (χ4v) is 3.73. The Bertz CT molecular complexity index is 260. The predicted molar refractivity (Wildman–Crippen MR) is 66.9 cm³/mol. The largest absolute Gasteiger partial charge is 0.348 e. The van der Waals surface area contributed by atoms with Gasteiger partial charge in [-0.2, -0.15) is 0 Å². The Morgan fingerprint density at radius 1 is 1.31 bits per heavy atom. The van der Waals surface area contributed by atoms with Crippen molar-refractivity contribution in [2.75, 3.05) is 11.8 Å². The van der Waals surface area contributed by atoms with Crippen LogP contribution in [0, 0.1) is 17.8 Å². The predicted octanol–water partition coefficient (Wildman–Crippen LogP) is 2.78. The molecule has 16 heavy (non-hydrogen) atoms. The van der Waals surface area contributed by atoms with Gasteiger partial charge in [-0.05, 0) is 31.1 Å². The second-order valence-corrected chi connectivity index (χ2v) is 5.71. The number of rotatable bonds is 5. The third kappa shape index (κ3) is 2.06. The second-order valence-electron chi connectivity index (χ2n) is 5.17. The molecule has 0 radical (unpaired) electrons. The van der Waals surface area contributed by atoms with Crippen molar-refractivity contribution in [3.8, 4) is 0 Å². The van der Waals surface area contributed by atoms with Gasteiger partial charge in [0.15, 0.2) is 0 Å². The van der Waals surface area contributed by atoms with E-state index >= 15 is 0 Å². The van der Waals surface area contributed by atoms with Gasteiger partial charge in [-0.15, -0.1) is 23.2 Å². The lowest BCUT2D eigenvalue weighted by Crippen LogP contribution is -2.52. The van der Waals surface area contributed by atoms with Gasteiger partial charge in [0.2, 0.25) is 5.91 Å². The molecule has 0 heterocycles. The summed E-state index contributed by atoms with van der Waals surface area (Å²) in [4.78, 5) is 12.1. The number of carbonyl (C=O) groups excluding carboxylic acids is 1. The number of halogens is 2. The summed E-state index contributed by atoms with van der Waals surface area (Å²) in [7, 11) is 0. The zero-order valence-electron chi connectivity index (χ0n) is 9.64. The van der Waals surface area contributed by atoms with E-state index in [9.17, 15) is 4.79 Å². The lowest BCUT2D eigenvalue weighted by atomic mass is 10.0. The Balaban J connectivity index is 1.91. The fraction of sp³-hybridized carbons (Fsp3) is 0.917. The SMILES string of the molecule is CCC(CCl)(CCl)NC(=O)C1C2CCCC21. The summed E-state index contributed by atoms with van der Waals surface area (Å²) in [6.45, 7) is 2.01. The molecule has 2 rings (SSSR count). The van der Waals surface area contributed by atoms with Crippen LogP contribution in [0.25, 0.3) is 0 Å². The zero-order chi connectivity index (χ0) is 11.8. The van der Waals surface area contributed by atoms with E-state index in [4.69, 9.17) is 23.2 Å². The van der Waals surface area contributed by atoms with Crippen LogP contribution in [0.5, 0.6) is 0 Å². The van der Waals surface area contributed by atoms with Gasteiger partial charge in [-0.1, -0.05) is 13.3 Å². The van der Waals surface area contributed by atoms with Gasteiger partial charge in [-0.3, -0.25) is 4.79 Å². The van der Waals surface area contributed by atoms with Crippen LogP contribution in [0.15, 0.2) is 0 Å². The molecular weight excluding hydrogens is 245 g/mol. The first-order valence-corrected chi connectivity index (χ1v) is 7.18. The number of hydrogen-bond donors (Lipinski definition) is 1. The van der Waals surface area contributed by atoms with E-state index in [2.05, 4.69) is 5.32 Å². The van der Waals surface area contributed by atoms with Crippen LogP contribution in [0.2, 0.25) is 0 Å². The van der Waals surface area contributed by atoms with E-state index in [1.54, 1.807) is 0 Å². The number of amides is 1. The molecule has 0 aromatic carbocycles. The standard InChI is InChI=1S/C12H19Cl2NO/c1-2-12(6-13,7-14)15-11(16)10-8-4-3-5-9(8)10/h8-10H,2-7H2,1H3,(H,15,16). The smallest absolute Gasteiger partial charge is 0.224 e. The van der Waals surface area contributed by atoms with Crippen molar-refractivity contribution >= 4 is 29.1 Å². The first-order chi connectivity index (χ1) is 7.67. The molecule has 1 N–H and O–H groups in total. The first-order valence-electron chi connectivity index (χ1n) is 6.11. The van der Waals surface area contributed by atoms with Crippen molar-refractivity contribution < 1.29 is 4.79 Å². The molecule has 0 spiro atoms. The molecule has 2 unspecified atom stereocenters. The molecule has 2 saturated carbocycles. The quantitative estimate of drug-likeness (QED) is 0.760. The lowest BCUT2D eigenvalue weighted by Gasteiger charge is -2.29. The van der Waals surface area contributed by atoms with Crippen LogP contribution < -0.4 is 5.32 Å². The number of hydrogen-bond acceptors (Lipinski definition) is 1. The molecule has 0 aliphatic heterocycles. The molecule has 0 aromatic heterocycles. The molecular formula is C12H19Cl2NO. The highest BCUT2D eigenvalue weighted by Gasteiger charge is 2.57. The highest BCUT2D eigenvalue weighted by atomic mass is 35.5. The molecule has 4 heteroatoms. The highest BCUT2D eigenvalue weighted by Crippen LogP contribution is 2.57. The fourth-order valence-electron chi connectivity index (χ4n) is 2.93. The first kappa shape index (κ1) is 12.5. The molecule has 2 atom stereocenters. The normalized spacial score (nSPS) is 32.3. The van der Waals surface area contributed by atoms with Crippen LogP contribution in [0.1, 0.15) is 32.6 Å². The maximum absolute atomic E-state index is 12.1.